The molecule has 74 valence electrons. The molecule has 0 aromatic carbocycles. The monoisotopic (exact) mass is 253 g/mol. The summed E-state index contributed by atoms with van der Waals surface area (Å²) in [5.74, 6) is 0.0937. The minimum atomic E-state index is -3.37. The quantitative estimate of drug-likeness (QED) is 0.688. The molecule has 1 aliphatic carbocycles. The largest absolute Gasteiger partial charge is 0.377 e. The Morgan fingerprint density at radius 1 is 1.31 bits per heavy atom. The molecule has 2 nitrogen and oxygen atoms in total. The summed E-state index contributed by atoms with van der Waals surface area (Å²) >= 11 is 2.07. The zero-order valence-electron chi connectivity index (χ0n) is 6.97. The first-order chi connectivity index (χ1) is 5.98. The molecule has 1 amide bonds. The Kier molecular flexibility index (Phi) is 2.09. The summed E-state index contributed by atoms with van der Waals surface area (Å²) in [6, 6.07) is 0. The average molecular weight is 254 g/mol. The predicted molar refractivity (Wildman–Crippen MR) is 46.7 cm³/mol. The van der Waals surface area contributed by atoms with Gasteiger partial charge >= 0.3 is 10.7 Å². The number of halogens is 3. The fraction of sp³-hybridized carbons (Fsp3) is 0.875. The molecule has 1 saturated heterocycles. The number of nitrogens with zero attached hydrogens (tertiary/aromatic N) is 1. The van der Waals surface area contributed by atoms with Gasteiger partial charge in [-0.25, -0.2) is 0 Å². The molecular weight excluding hydrogens is 244 g/mol. The van der Waals surface area contributed by atoms with Crippen molar-refractivity contribution >= 4 is 21.8 Å². The van der Waals surface area contributed by atoms with Crippen LogP contribution in [-0.2, 0) is 4.79 Å². The number of likely N-dealkylation sites (tertiary alicyclic amines) is 1. The number of hydrogen-bond donors (Lipinski definition) is 0. The van der Waals surface area contributed by atoms with Gasteiger partial charge in [0, 0.05) is 29.0 Å². The van der Waals surface area contributed by atoms with Gasteiger partial charge in [-0.3, -0.25) is 4.79 Å². The van der Waals surface area contributed by atoms with Gasteiger partial charge < -0.3 is 4.90 Å². The van der Waals surface area contributed by atoms with Gasteiger partial charge in [-0.1, -0.05) is 0 Å². The minimum Gasteiger partial charge on any atom is -0.336 e. The van der Waals surface area contributed by atoms with Gasteiger partial charge in [0.2, 0.25) is 0 Å². The Balaban J connectivity index is 1.82. The van der Waals surface area contributed by atoms with E-state index in [1.54, 1.807) is 0 Å². The Morgan fingerprint density at radius 2 is 1.85 bits per heavy atom. The van der Waals surface area contributed by atoms with Gasteiger partial charge in [0.05, 0.1) is 0 Å². The second-order valence-corrected chi connectivity index (χ2v) is 4.80. The zero-order chi connectivity index (χ0) is 9.64. The highest BCUT2D eigenvalue weighted by Gasteiger charge is 2.47. The van der Waals surface area contributed by atoms with E-state index in [0.29, 0.717) is 24.9 Å². The fourth-order valence-electron chi connectivity index (χ4n) is 1.72. The molecule has 0 radical (unpaired) electrons. The highest BCUT2D eigenvalue weighted by Crippen LogP contribution is 2.42. The summed E-state index contributed by atoms with van der Waals surface area (Å²) in [7, 11) is 0. The molecule has 5 heteroatoms. The fourth-order valence-corrected chi connectivity index (χ4v) is 1.97. The van der Waals surface area contributed by atoms with E-state index in [4.69, 9.17) is 0 Å². The molecule has 0 aromatic heterocycles. The highest BCUT2D eigenvalue weighted by molar-refractivity contribution is 9.10. The molecule has 0 N–H and O–H groups in total. The Hall–Kier alpha value is -0.190. The molecule has 1 heterocycles. The van der Waals surface area contributed by atoms with Crippen LogP contribution in [-0.4, -0.2) is 28.7 Å². The van der Waals surface area contributed by atoms with Gasteiger partial charge in [-0.15, -0.1) is 0 Å². The lowest BCUT2D eigenvalue weighted by molar-refractivity contribution is -0.152. The van der Waals surface area contributed by atoms with Crippen molar-refractivity contribution in [3.63, 3.8) is 0 Å². The SMILES string of the molecule is O=C(N1CC(C2CC2)C1)C(F)(F)Br. The van der Waals surface area contributed by atoms with E-state index in [9.17, 15) is 13.6 Å². The first-order valence-electron chi connectivity index (χ1n) is 4.34. The Labute approximate surface area is 83.4 Å². The molecule has 0 atom stereocenters. The maximum absolute atomic E-state index is 12.5. The Morgan fingerprint density at radius 3 is 2.23 bits per heavy atom. The predicted octanol–water partition coefficient (Wildman–Crippen LogP) is 1.84. The first kappa shape index (κ1) is 9.37. The lowest BCUT2D eigenvalue weighted by Gasteiger charge is -2.40. The van der Waals surface area contributed by atoms with Gasteiger partial charge in [-0.05, 0) is 24.7 Å². The summed E-state index contributed by atoms with van der Waals surface area (Å²) in [5, 5.41) is 0. The average Bonchev–Trinajstić information content (AvgIpc) is 2.65. The summed E-state index contributed by atoms with van der Waals surface area (Å²) < 4.78 is 24.9. The molecule has 1 aliphatic heterocycles. The number of carbonyl (C=O) groups is 1. The van der Waals surface area contributed by atoms with Crippen LogP contribution in [0, 0.1) is 11.8 Å². The second kappa shape index (κ2) is 2.90. The van der Waals surface area contributed by atoms with Crippen LogP contribution in [0.15, 0.2) is 0 Å². The smallest absolute Gasteiger partial charge is 0.336 e. The zero-order valence-corrected chi connectivity index (χ0v) is 8.56. The molecule has 2 fully saturated rings. The van der Waals surface area contributed by atoms with Crippen LogP contribution in [0.5, 0.6) is 0 Å². The second-order valence-electron chi connectivity index (χ2n) is 3.81. The first-order valence-corrected chi connectivity index (χ1v) is 5.14. The van der Waals surface area contributed by atoms with Crippen molar-refractivity contribution in [2.75, 3.05) is 13.1 Å². The number of alkyl halides is 3. The maximum Gasteiger partial charge on any atom is 0.377 e. The van der Waals surface area contributed by atoms with Crippen LogP contribution in [0.3, 0.4) is 0 Å². The third-order valence-corrected chi connectivity index (χ3v) is 3.07. The molecule has 0 unspecified atom stereocenters. The van der Waals surface area contributed by atoms with Crippen LogP contribution >= 0.6 is 15.9 Å². The molecule has 1 saturated carbocycles. The van der Waals surface area contributed by atoms with E-state index in [0.717, 1.165) is 0 Å². The summed E-state index contributed by atoms with van der Waals surface area (Å²) in [4.78, 5) is 8.81. The normalized spacial score (nSPS) is 24.4. The van der Waals surface area contributed by atoms with E-state index in [1.165, 1.54) is 17.7 Å². The van der Waals surface area contributed by atoms with Crippen molar-refractivity contribution in [3.05, 3.63) is 0 Å². The molecule has 2 aliphatic rings. The van der Waals surface area contributed by atoms with E-state index in [-0.39, 0.29) is 0 Å². The van der Waals surface area contributed by atoms with Crippen LogP contribution in [0.2, 0.25) is 0 Å². The van der Waals surface area contributed by atoms with Gasteiger partial charge in [0.25, 0.3) is 0 Å². The van der Waals surface area contributed by atoms with Crippen LogP contribution in [0.25, 0.3) is 0 Å². The summed E-state index contributed by atoms with van der Waals surface area (Å²) in [6.45, 7) is 1.04. The molecule has 2 rings (SSSR count). The van der Waals surface area contributed by atoms with Crippen molar-refractivity contribution in [2.24, 2.45) is 11.8 Å². The number of carbonyl (C=O) groups excluding carboxylic acids is 1. The third kappa shape index (κ3) is 1.85. The van der Waals surface area contributed by atoms with E-state index < -0.39 is 10.7 Å². The van der Waals surface area contributed by atoms with Gasteiger partial charge in [0.1, 0.15) is 0 Å². The van der Waals surface area contributed by atoms with Crippen molar-refractivity contribution < 1.29 is 13.6 Å². The van der Waals surface area contributed by atoms with E-state index >= 15 is 0 Å². The van der Waals surface area contributed by atoms with Gasteiger partial charge in [0.15, 0.2) is 0 Å². The van der Waals surface area contributed by atoms with Crippen molar-refractivity contribution in [1.82, 2.24) is 4.90 Å². The molecular formula is C8H10BrF2NO. The van der Waals surface area contributed by atoms with Crippen molar-refractivity contribution in [2.45, 2.75) is 17.7 Å². The number of hydrogen-bond acceptors (Lipinski definition) is 1. The number of amides is 1. The topological polar surface area (TPSA) is 20.3 Å². The standard InChI is InChI=1S/C8H10BrF2NO/c9-8(10,11)7(13)12-3-6(4-12)5-1-2-5/h5-6H,1-4H2. The Bertz CT molecular complexity index is 231. The number of rotatable bonds is 2. The minimum absolute atomic E-state index is 0.485. The van der Waals surface area contributed by atoms with Gasteiger partial charge in [-0.2, -0.15) is 8.78 Å². The lowest BCUT2D eigenvalue weighted by Crippen LogP contribution is -2.54. The van der Waals surface area contributed by atoms with E-state index in [2.05, 4.69) is 15.9 Å². The lowest BCUT2D eigenvalue weighted by atomic mass is 9.95. The maximum atomic E-state index is 12.5. The van der Waals surface area contributed by atoms with Crippen LogP contribution in [0.1, 0.15) is 12.8 Å². The summed E-state index contributed by atoms with van der Waals surface area (Å²) in [6.07, 6.45) is 2.41. The van der Waals surface area contributed by atoms with Crippen LogP contribution in [0.4, 0.5) is 8.78 Å². The molecule has 0 spiro atoms. The summed E-state index contributed by atoms with van der Waals surface area (Å²) in [5.41, 5.74) is 0. The van der Waals surface area contributed by atoms with Crippen LogP contribution < -0.4 is 0 Å². The van der Waals surface area contributed by atoms with Crippen molar-refractivity contribution in [1.29, 1.82) is 0 Å². The molecule has 13 heavy (non-hydrogen) atoms. The van der Waals surface area contributed by atoms with Crippen molar-refractivity contribution in [3.8, 4) is 0 Å². The third-order valence-electron chi connectivity index (χ3n) is 2.73. The molecule has 0 aromatic rings. The highest BCUT2D eigenvalue weighted by atomic mass is 79.9. The van der Waals surface area contributed by atoms with E-state index in [1.807, 2.05) is 0 Å². The molecule has 0 bridgehead atoms.